The van der Waals surface area contributed by atoms with Crippen molar-refractivity contribution in [2.75, 3.05) is 0 Å². The Morgan fingerprint density at radius 1 is 1.00 bits per heavy atom. The lowest BCUT2D eigenvalue weighted by Gasteiger charge is -2.26. The highest BCUT2D eigenvalue weighted by Gasteiger charge is 2.46. The van der Waals surface area contributed by atoms with E-state index in [-0.39, 0.29) is 0 Å². The average molecular weight is 417 g/mol. The van der Waals surface area contributed by atoms with Crippen molar-refractivity contribution in [1.29, 1.82) is 0 Å². The molecule has 6 nitrogen and oxygen atoms in total. The summed E-state index contributed by atoms with van der Waals surface area (Å²) in [4.78, 5) is 22.4. The molecule has 0 spiro atoms. The first-order valence-electron chi connectivity index (χ1n) is 11.0. The van der Waals surface area contributed by atoms with E-state index in [1.165, 1.54) is 38.5 Å². The van der Waals surface area contributed by atoms with Crippen LogP contribution < -0.4 is 0 Å². The molecule has 2 atom stereocenters. The third kappa shape index (κ3) is 5.92. The van der Waals surface area contributed by atoms with E-state index in [2.05, 4.69) is 19.1 Å². The Morgan fingerprint density at radius 2 is 1.60 bits per heavy atom. The number of rotatable bonds is 9. The van der Waals surface area contributed by atoms with Crippen LogP contribution in [0, 0.1) is 11.8 Å². The van der Waals surface area contributed by atoms with Crippen molar-refractivity contribution < 1.29 is 29.3 Å². The molecular formula is C24H32O6. The number of carbonyl (C=O) groups is 2. The third-order valence-electron chi connectivity index (χ3n) is 6.15. The molecule has 3 rings (SSSR count). The zero-order chi connectivity index (χ0) is 21.5. The maximum Gasteiger partial charge on any atom is 0.336 e. The van der Waals surface area contributed by atoms with Gasteiger partial charge in [0.05, 0.1) is 0 Å². The summed E-state index contributed by atoms with van der Waals surface area (Å²) >= 11 is 0. The van der Waals surface area contributed by atoms with Gasteiger partial charge in [0.25, 0.3) is 0 Å². The molecule has 1 aliphatic heterocycles. The predicted octanol–water partition coefficient (Wildman–Crippen LogP) is 4.73. The van der Waals surface area contributed by atoms with E-state index in [1.807, 2.05) is 24.3 Å². The third-order valence-corrected chi connectivity index (χ3v) is 6.15. The van der Waals surface area contributed by atoms with Crippen LogP contribution >= 0.6 is 0 Å². The smallest absolute Gasteiger partial charge is 0.336 e. The summed E-state index contributed by atoms with van der Waals surface area (Å²) in [6.45, 7) is 2.27. The predicted molar refractivity (Wildman–Crippen MR) is 112 cm³/mol. The van der Waals surface area contributed by atoms with Gasteiger partial charge in [0.1, 0.15) is 0 Å². The highest BCUT2D eigenvalue weighted by molar-refractivity contribution is 5.84. The van der Waals surface area contributed by atoms with Crippen molar-refractivity contribution in [2.24, 2.45) is 11.8 Å². The summed E-state index contributed by atoms with van der Waals surface area (Å²) in [6, 6.07) is 7.52. The summed E-state index contributed by atoms with van der Waals surface area (Å²) in [6.07, 6.45) is 10.6. The summed E-state index contributed by atoms with van der Waals surface area (Å²) in [7, 11) is 0. The summed E-state index contributed by atoms with van der Waals surface area (Å²) < 4.78 is 10.6. The van der Waals surface area contributed by atoms with Gasteiger partial charge in [-0.05, 0) is 55.9 Å². The Bertz CT molecular complexity index is 711. The average Bonchev–Trinajstić information content (AvgIpc) is 3.19. The van der Waals surface area contributed by atoms with Gasteiger partial charge in [0.15, 0.2) is 18.5 Å². The monoisotopic (exact) mass is 416 g/mol. The molecule has 1 aliphatic carbocycles. The van der Waals surface area contributed by atoms with Gasteiger partial charge in [0, 0.05) is 5.56 Å². The number of ether oxygens (including phenoxy) is 2. The van der Waals surface area contributed by atoms with Crippen LogP contribution in [0.2, 0.25) is 0 Å². The molecule has 2 N–H and O–H groups in total. The van der Waals surface area contributed by atoms with E-state index in [1.54, 1.807) is 0 Å². The van der Waals surface area contributed by atoms with Crippen molar-refractivity contribution in [1.82, 2.24) is 0 Å². The number of carboxylic acid groups (broad SMARTS) is 2. The first-order valence-corrected chi connectivity index (χ1v) is 11.0. The molecule has 1 aromatic rings. The number of benzene rings is 1. The zero-order valence-corrected chi connectivity index (χ0v) is 17.5. The number of hydrogen-bond acceptors (Lipinski definition) is 4. The second-order valence-corrected chi connectivity index (χ2v) is 8.40. The van der Waals surface area contributed by atoms with E-state index in [9.17, 15) is 9.59 Å². The van der Waals surface area contributed by atoms with E-state index in [4.69, 9.17) is 19.7 Å². The molecule has 2 aliphatic rings. The molecule has 1 saturated heterocycles. The minimum absolute atomic E-state index is 0.619. The zero-order valence-electron chi connectivity index (χ0n) is 17.5. The molecule has 1 saturated carbocycles. The summed E-state index contributed by atoms with van der Waals surface area (Å²) in [5.74, 6) is -1.02. The number of allylic oxidation sites excluding steroid dienone is 2. The molecule has 164 valence electrons. The maximum absolute atomic E-state index is 11.2. The van der Waals surface area contributed by atoms with Gasteiger partial charge >= 0.3 is 11.9 Å². The van der Waals surface area contributed by atoms with E-state index >= 15 is 0 Å². The molecule has 0 amide bonds. The van der Waals surface area contributed by atoms with Crippen molar-refractivity contribution in [3.63, 3.8) is 0 Å². The second kappa shape index (κ2) is 10.7. The lowest BCUT2D eigenvalue weighted by atomic mass is 9.80. The minimum atomic E-state index is -1.51. The van der Waals surface area contributed by atoms with Crippen LogP contribution in [-0.2, 0) is 25.5 Å². The first-order chi connectivity index (χ1) is 14.5. The highest BCUT2D eigenvalue weighted by Crippen LogP contribution is 2.33. The van der Waals surface area contributed by atoms with Gasteiger partial charge in [-0.2, -0.15) is 0 Å². The molecule has 6 heteroatoms. The molecular weight excluding hydrogens is 384 g/mol. The number of hydrogen-bond donors (Lipinski definition) is 2. The lowest BCUT2D eigenvalue weighted by molar-refractivity contribution is -0.156. The fourth-order valence-corrected chi connectivity index (χ4v) is 4.43. The number of aryl methyl sites for hydroxylation is 1. The van der Waals surface area contributed by atoms with Gasteiger partial charge in [0.2, 0.25) is 0 Å². The van der Waals surface area contributed by atoms with E-state index < -0.39 is 30.4 Å². The van der Waals surface area contributed by atoms with Crippen LogP contribution in [-0.4, -0.2) is 34.4 Å². The van der Waals surface area contributed by atoms with Gasteiger partial charge in [-0.15, -0.1) is 0 Å². The maximum atomic E-state index is 11.2. The molecule has 0 radical (unpaired) electrons. The molecule has 30 heavy (non-hydrogen) atoms. The van der Waals surface area contributed by atoms with Crippen LogP contribution in [0.5, 0.6) is 0 Å². The van der Waals surface area contributed by atoms with Crippen LogP contribution in [0.15, 0.2) is 36.4 Å². The van der Waals surface area contributed by atoms with Crippen LogP contribution in [0.1, 0.15) is 69.3 Å². The lowest BCUT2D eigenvalue weighted by Crippen LogP contribution is -2.36. The van der Waals surface area contributed by atoms with Crippen molar-refractivity contribution in [3.8, 4) is 0 Å². The van der Waals surface area contributed by atoms with E-state index in [0.29, 0.717) is 5.56 Å². The van der Waals surface area contributed by atoms with Gasteiger partial charge < -0.3 is 19.7 Å². The van der Waals surface area contributed by atoms with Crippen LogP contribution in [0.3, 0.4) is 0 Å². The number of aliphatic carboxylic acids is 2. The van der Waals surface area contributed by atoms with Crippen molar-refractivity contribution in [3.05, 3.63) is 47.5 Å². The normalized spacial score (nSPS) is 27.5. The molecule has 1 aromatic carbocycles. The topological polar surface area (TPSA) is 93.1 Å². The Labute approximate surface area is 177 Å². The minimum Gasteiger partial charge on any atom is -0.479 e. The fourth-order valence-electron chi connectivity index (χ4n) is 4.43. The SMILES string of the molecule is CCCC1CCC(C=CCCc2ccc(C3O[C@@H](C(=O)O)[C@H](C(=O)O)O3)cc2)CC1. The molecule has 0 unspecified atom stereocenters. The largest absolute Gasteiger partial charge is 0.479 e. The summed E-state index contributed by atoms with van der Waals surface area (Å²) in [5.41, 5.74) is 1.78. The molecule has 0 aromatic heterocycles. The molecule has 0 bridgehead atoms. The fraction of sp³-hybridized carbons (Fsp3) is 0.583. The van der Waals surface area contributed by atoms with E-state index in [0.717, 1.165) is 30.2 Å². The second-order valence-electron chi connectivity index (χ2n) is 8.40. The van der Waals surface area contributed by atoms with Gasteiger partial charge in [-0.3, -0.25) is 0 Å². The Kier molecular flexibility index (Phi) is 8.05. The van der Waals surface area contributed by atoms with Crippen molar-refractivity contribution in [2.45, 2.75) is 76.8 Å². The Morgan fingerprint density at radius 3 is 2.13 bits per heavy atom. The van der Waals surface area contributed by atoms with Crippen molar-refractivity contribution >= 4 is 11.9 Å². The standard InChI is InChI=1S/C24H32O6/c1-2-5-16-8-10-17(11-9-16)6-3-4-7-18-12-14-19(15-13-18)24-29-20(22(25)26)21(30-24)23(27)28/h3,6,12-17,20-21,24H,2,4-5,7-11H2,1H3,(H,25,26)(H,27,28)/t16?,17?,20-,21-/m1/s1. The van der Waals surface area contributed by atoms with Crippen LogP contribution in [0.4, 0.5) is 0 Å². The Balaban J connectivity index is 1.45. The quantitative estimate of drug-likeness (QED) is 0.565. The molecule has 1 heterocycles. The van der Waals surface area contributed by atoms with Gasteiger partial charge in [-0.1, -0.05) is 56.2 Å². The van der Waals surface area contributed by atoms with Crippen LogP contribution in [0.25, 0.3) is 0 Å². The molecule has 2 fully saturated rings. The Hall–Kier alpha value is -2.18. The summed E-state index contributed by atoms with van der Waals surface area (Å²) in [5, 5.41) is 18.2. The highest BCUT2D eigenvalue weighted by atomic mass is 16.7. The number of carboxylic acids is 2. The van der Waals surface area contributed by atoms with Gasteiger partial charge in [-0.25, -0.2) is 9.59 Å². The first kappa shape index (κ1) is 22.5.